The van der Waals surface area contributed by atoms with Gasteiger partial charge in [-0.3, -0.25) is 9.36 Å². The van der Waals surface area contributed by atoms with Gasteiger partial charge < -0.3 is 30.7 Å². The minimum Gasteiger partial charge on any atom is -0.394 e. The third-order valence-corrected chi connectivity index (χ3v) is 5.90. The molecule has 1 aliphatic heterocycles. The van der Waals surface area contributed by atoms with Crippen LogP contribution in [0.3, 0.4) is 0 Å². The van der Waals surface area contributed by atoms with Crippen LogP contribution in [0.5, 0.6) is 0 Å². The number of aliphatic hydroxyl groups is 2. The maximum Gasteiger partial charge on any atom is 0.351 e. The Morgan fingerprint density at radius 1 is 1.30 bits per heavy atom. The molecule has 2 heterocycles. The van der Waals surface area contributed by atoms with Crippen LogP contribution in [0.25, 0.3) is 10.8 Å². The van der Waals surface area contributed by atoms with Crippen LogP contribution in [0.4, 0.5) is 5.82 Å². The van der Waals surface area contributed by atoms with E-state index in [0.29, 0.717) is 0 Å². The summed E-state index contributed by atoms with van der Waals surface area (Å²) >= 11 is 0. The summed E-state index contributed by atoms with van der Waals surface area (Å²) in [5.74, 6) is -0.759. The fourth-order valence-corrected chi connectivity index (χ4v) is 4.17. The standard InChI is InChI=1S/C23H26N4O6/c1-12(14-9-5-7-13-6-3-4-8-15(13)14)25-21(30)16-10-27(23(31)26-20(16)24)22-19(32-2)18(29)17(11-28)33-22/h3-10,12,17-19,22,28-29H,11H2,1-2H3,(H,25,30)(H2,24,26,31)/t12?,17-,18+,19-,22-/m1/s1. The van der Waals surface area contributed by atoms with Gasteiger partial charge in [0.15, 0.2) is 6.23 Å². The maximum absolute atomic E-state index is 13.1. The molecule has 1 amide bonds. The van der Waals surface area contributed by atoms with Gasteiger partial charge in [-0.2, -0.15) is 4.98 Å². The summed E-state index contributed by atoms with van der Waals surface area (Å²) in [4.78, 5) is 29.4. The highest BCUT2D eigenvalue weighted by Crippen LogP contribution is 2.31. The van der Waals surface area contributed by atoms with Crippen molar-refractivity contribution in [3.05, 3.63) is 70.3 Å². The Labute approximate surface area is 189 Å². The Hall–Kier alpha value is -3.31. The van der Waals surface area contributed by atoms with Crippen LogP contribution in [-0.4, -0.2) is 57.7 Å². The normalized spacial score (nSPS) is 23.5. The van der Waals surface area contributed by atoms with Crippen molar-refractivity contribution in [1.82, 2.24) is 14.9 Å². The molecular weight excluding hydrogens is 428 g/mol. The van der Waals surface area contributed by atoms with E-state index in [4.69, 9.17) is 15.2 Å². The van der Waals surface area contributed by atoms with Gasteiger partial charge in [0.1, 0.15) is 24.1 Å². The largest absolute Gasteiger partial charge is 0.394 e. The third-order valence-electron chi connectivity index (χ3n) is 5.90. The Morgan fingerprint density at radius 2 is 2.03 bits per heavy atom. The first-order valence-electron chi connectivity index (χ1n) is 10.5. The lowest BCUT2D eigenvalue weighted by Crippen LogP contribution is -2.38. The molecule has 3 aromatic rings. The second-order valence-electron chi connectivity index (χ2n) is 7.93. The van der Waals surface area contributed by atoms with Gasteiger partial charge in [-0.1, -0.05) is 42.5 Å². The van der Waals surface area contributed by atoms with Gasteiger partial charge in [0, 0.05) is 13.3 Å². The summed E-state index contributed by atoms with van der Waals surface area (Å²) < 4.78 is 11.9. The number of amides is 1. The Kier molecular flexibility index (Phi) is 6.43. The third kappa shape index (κ3) is 4.21. The number of aromatic nitrogens is 2. The summed E-state index contributed by atoms with van der Waals surface area (Å²) in [6.07, 6.45) is -2.93. The van der Waals surface area contributed by atoms with E-state index < -0.39 is 42.7 Å². The van der Waals surface area contributed by atoms with E-state index in [2.05, 4.69) is 10.3 Å². The van der Waals surface area contributed by atoms with Crippen molar-refractivity contribution in [2.45, 2.75) is 37.5 Å². The molecule has 5 atom stereocenters. The Bertz CT molecular complexity index is 1220. The van der Waals surface area contributed by atoms with Crippen LogP contribution in [0.1, 0.15) is 35.1 Å². The first kappa shape index (κ1) is 22.9. The van der Waals surface area contributed by atoms with Crippen molar-refractivity contribution in [3.8, 4) is 0 Å². The molecular formula is C23H26N4O6. The fraction of sp³-hybridized carbons (Fsp3) is 0.348. The van der Waals surface area contributed by atoms with Gasteiger partial charge in [0.25, 0.3) is 5.91 Å². The number of fused-ring (bicyclic) bond motifs is 1. The number of aliphatic hydroxyl groups excluding tert-OH is 2. The molecule has 2 aromatic carbocycles. The van der Waals surface area contributed by atoms with E-state index in [1.54, 1.807) is 0 Å². The van der Waals surface area contributed by atoms with Crippen molar-refractivity contribution in [2.24, 2.45) is 0 Å². The van der Waals surface area contributed by atoms with Crippen molar-refractivity contribution in [1.29, 1.82) is 0 Å². The van der Waals surface area contributed by atoms with E-state index >= 15 is 0 Å². The number of nitrogens with one attached hydrogen (secondary N) is 1. The molecule has 1 saturated heterocycles. The molecule has 0 radical (unpaired) electrons. The number of methoxy groups -OCH3 is 1. The van der Waals surface area contributed by atoms with Gasteiger partial charge >= 0.3 is 5.69 Å². The molecule has 0 saturated carbocycles. The lowest BCUT2D eigenvalue weighted by molar-refractivity contribution is -0.0625. The number of hydrogen-bond donors (Lipinski definition) is 4. The number of benzene rings is 2. The first-order valence-corrected chi connectivity index (χ1v) is 10.5. The number of hydrogen-bond acceptors (Lipinski definition) is 8. The van der Waals surface area contributed by atoms with Crippen LogP contribution in [0.15, 0.2) is 53.5 Å². The zero-order chi connectivity index (χ0) is 23.7. The number of anilines is 1. The minimum absolute atomic E-state index is 0.0259. The van der Waals surface area contributed by atoms with E-state index in [0.717, 1.165) is 20.9 Å². The summed E-state index contributed by atoms with van der Waals surface area (Å²) in [6, 6.07) is 13.3. The molecule has 1 unspecified atom stereocenters. The molecule has 4 rings (SSSR count). The molecule has 5 N–H and O–H groups in total. The lowest BCUT2D eigenvalue weighted by Gasteiger charge is -2.22. The predicted molar refractivity (Wildman–Crippen MR) is 121 cm³/mol. The fourth-order valence-electron chi connectivity index (χ4n) is 4.17. The molecule has 1 aliphatic rings. The van der Waals surface area contributed by atoms with Crippen LogP contribution in [0, 0.1) is 0 Å². The number of nitrogens with zero attached hydrogens (tertiary/aromatic N) is 2. The maximum atomic E-state index is 13.1. The minimum atomic E-state index is -1.17. The Morgan fingerprint density at radius 3 is 2.76 bits per heavy atom. The first-order chi connectivity index (χ1) is 15.8. The SMILES string of the molecule is CO[C@@H]1[C@@H](O)[C@@H](CO)O[C@H]1n1cc(C(=O)NC(C)c2cccc3ccccc23)c(N)nc1=O. The van der Waals surface area contributed by atoms with Crippen molar-refractivity contribution >= 4 is 22.5 Å². The summed E-state index contributed by atoms with van der Waals surface area (Å²) in [5, 5.41) is 24.7. The molecule has 1 aromatic heterocycles. The molecule has 174 valence electrons. The average Bonchev–Trinajstić information content (AvgIpc) is 3.13. The molecule has 10 heteroatoms. The zero-order valence-corrected chi connectivity index (χ0v) is 18.2. The molecule has 0 spiro atoms. The van der Waals surface area contributed by atoms with Gasteiger partial charge in [-0.05, 0) is 23.3 Å². The van der Waals surface area contributed by atoms with Gasteiger partial charge in [0.05, 0.1) is 18.2 Å². The van der Waals surface area contributed by atoms with E-state index in [-0.39, 0.29) is 17.4 Å². The van der Waals surface area contributed by atoms with E-state index in [9.17, 15) is 19.8 Å². The summed E-state index contributed by atoms with van der Waals surface area (Å²) in [5.41, 5.74) is 6.02. The Balaban J connectivity index is 1.64. The highest BCUT2D eigenvalue weighted by Gasteiger charge is 2.45. The van der Waals surface area contributed by atoms with Gasteiger partial charge in [0.2, 0.25) is 0 Å². The topological polar surface area (TPSA) is 149 Å². The highest BCUT2D eigenvalue weighted by molar-refractivity contribution is 5.98. The molecule has 0 aliphatic carbocycles. The van der Waals surface area contributed by atoms with Crippen LogP contribution in [-0.2, 0) is 9.47 Å². The number of nitrogens with two attached hydrogens (primary N) is 1. The van der Waals surface area contributed by atoms with Crippen LogP contribution >= 0.6 is 0 Å². The van der Waals surface area contributed by atoms with Gasteiger partial charge in [-0.15, -0.1) is 0 Å². The van der Waals surface area contributed by atoms with Crippen molar-refractivity contribution in [2.75, 3.05) is 19.5 Å². The quantitative estimate of drug-likeness (QED) is 0.426. The highest BCUT2D eigenvalue weighted by atomic mass is 16.6. The number of carbonyl (C=O) groups is 1. The predicted octanol–water partition coefficient (Wildman–Crippen LogP) is 0.735. The van der Waals surface area contributed by atoms with E-state index in [1.807, 2.05) is 49.4 Å². The summed E-state index contributed by atoms with van der Waals surface area (Å²) in [7, 11) is 1.35. The zero-order valence-electron chi connectivity index (χ0n) is 18.2. The summed E-state index contributed by atoms with van der Waals surface area (Å²) in [6.45, 7) is 1.38. The molecule has 1 fully saturated rings. The molecule has 33 heavy (non-hydrogen) atoms. The van der Waals surface area contributed by atoms with Crippen LogP contribution in [0.2, 0.25) is 0 Å². The van der Waals surface area contributed by atoms with Gasteiger partial charge in [-0.25, -0.2) is 4.79 Å². The van der Waals surface area contributed by atoms with Crippen molar-refractivity contribution in [3.63, 3.8) is 0 Å². The smallest absolute Gasteiger partial charge is 0.351 e. The number of carbonyl (C=O) groups excluding carboxylic acids is 1. The second kappa shape index (κ2) is 9.28. The monoisotopic (exact) mass is 454 g/mol. The van der Waals surface area contributed by atoms with Crippen molar-refractivity contribution < 1.29 is 24.5 Å². The lowest BCUT2D eigenvalue weighted by atomic mass is 9.99. The number of ether oxygens (including phenoxy) is 2. The number of rotatable bonds is 6. The second-order valence-corrected chi connectivity index (χ2v) is 7.93. The van der Waals surface area contributed by atoms with Crippen LogP contribution < -0.4 is 16.7 Å². The molecule has 0 bridgehead atoms. The average molecular weight is 454 g/mol. The van der Waals surface area contributed by atoms with E-state index in [1.165, 1.54) is 13.3 Å². The molecule has 10 nitrogen and oxygen atoms in total. The number of nitrogen functional groups attached to an aromatic ring is 1.